The number of nitrogens with zero attached hydrogens (tertiary/aromatic N) is 1. The van der Waals surface area contributed by atoms with Crippen molar-refractivity contribution in [1.82, 2.24) is 10.7 Å². The molecule has 0 atom stereocenters. The molecule has 2 aromatic rings. The first-order valence-corrected chi connectivity index (χ1v) is 7.52. The minimum Gasteiger partial charge on any atom is -0.343 e. The lowest BCUT2D eigenvalue weighted by atomic mass is 10.2. The maximum Gasteiger partial charge on any atom is 0.259 e. The SMILES string of the molecule is O=C(CNC(=O)c1ccc(F)cc1)N/N=C\c1cccc(Cl)c1Cl. The van der Waals surface area contributed by atoms with Gasteiger partial charge in [-0.2, -0.15) is 5.10 Å². The van der Waals surface area contributed by atoms with Gasteiger partial charge in [-0.3, -0.25) is 9.59 Å². The normalized spacial score (nSPS) is 10.6. The molecule has 2 rings (SSSR count). The molecule has 0 fully saturated rings. The molecule has 0 aliphatic rings. The molecule has 5 nitrogen and oxygen atoms in total. The summed E-state index contributed by atoms with van der Waals surface area (Å²) < 4.78 is 12.8. The molecule has 0 saturated carbocycles. The van der Waals surface area contributed by atoms with Crippen LogP contribution in [-0.4, -0.2) is 24.6 Å². The van der Waals surface area contributed by atoms with Crippen molar-refractivity contribution in [3.8, 4) is 0 Å². The van der Waals surface area contributed by atoms with E-state index in [2.05, 4.69) is 15.8 Å². The minimum atomic E-state index is -0.528. The highest BCUT2D eigenvalue weighted by Crippen LogP contribution is 2.23. The van der Waals surface area contributed by atoms with E-state index in [0.717, 1.165) is 12.1 Å². The van der Waals surface area contributed by atoms with Gasteiger partial charge in [0, 0.05) is 11.1 Å². The first-order chi connectivity index (χ1) is 11.5. The molecule has 24 heavy (non-hydrogen) atoms. The van der Waals surface area contributed by atoms with Gasteiger partial charge in [0.15, 0.2) is 0 Å². The maximum atomic E-state index is 12.8. The van der Waals surface area contributed by atoms with Crippen molar-refractivity contribution < 1.29 is 14.0 Å². The van der Waals surface area contributed by atoms with Crippen LogP contribution in [0, 0.1) is 5.82 Å². The van der Waals surface area contributed by atoms with E-state index < -0.39 is 17.6 Å². The van der Waals surface area contributed by atoms with Gasteiger partial charge in [0.25, 0.3) is 11.8 Å². The van der Waals surface area contributed by atoms with E-state index in [9.17, 15) is 14.0 Å². The molecule has 2 amide bonds. The summed E-state index contributed by atoms with van der Waals surface area (Å²) in [5.41, 5.74) is 3.04. The number of hydrogen-bond acceptors (Lipinski definition) is 3. The van der Waals surface area contributed by atoms with Crippen LogP contribution in [0.25, 0.3) is 0 Å². The third kappa shape index (κ3) is 5.04. The van der Waals surface area contributed by atoms with Gasteiger partial charge in [-0.25, -0.2) is 9.82 Å². The molecular weight excluding hydrogens is 356 g/mol. The second-order valence-corrected chi connectivity index (χ2v) is 5.41. The van der Waals surface area contributed by atoms with Crippen LogP contribution in [0.2, 0.25) is 10.0 Å². The molecule has 0 bridgehead atoms. The van der Waals surface area contributed by atoms with E-state index in [-0.39, 0.29) is 12.1 Å². The zero-order chi connectivity index (χ0) is 17.5. The molecule has 2 aromatic carbocycles. The number of carbonyl (C=O) groups is 2. The summed E-state index contributed by atoms with van der Waals surface area (Å²) >= 11 is 11.8. The molecule has 0 unspecified atom stereocenters. The van der Waals surface area contributed by atoms with Crippen LogP contribution in [0.1, 0.15) is 15.9 Å². The molecule has 0 aliphatic carbocycles. The summed E-state index contributed by atoms with van der Waals surface area (Å²) in [6, 6.07) is 9.97. The van der Waals surface area contributed by atoms with Crippen LogP contribution < -0.4 is 10.7 Å². The predicted molar refractivity (Wildman–Crippen MR) is 90.9 cm³/mol. The summed E-state index contributed by atoms with van der Waals surface area (Å²) in [6.07, 6.45) is 1.34. The monoisotopic (exact) mass is 367 g/mol. The summed E-state index contributed by atoms with van der Waals surface area (Å²) in [7, 11) is 0. The summed E-state index contributed by atoms with van der Waals surface area (Å²) in [5.74, 6) is -1.47. The fraction of sp³-hybridized carbons (Fsp3) is 0.0625. The van der Waals surface area contributed by atoms with Gasteiger partial charge < -0.3 is 5.32 Å². The number of carbonyl (C=O) groups excluding carboxylic acids is 2. The lowest BCUT2D eigenvalue weighted by molar-refractivity contribution is -0.120. The highest BCUT2D eigenvalue weighted by atomic mass is 35.5. The standard InChI is InChI=1S/C16H12Cl2FN3O2/c17-13-3-1-2-11(15(13)18)8-21-22-14(23)9-20-16(24)10-4-6-12(19)7-5-10/h1-8H,9H2,(H,20,24)(H,22,23)/b21-8-. The number of nitrogens with one attached hydrogen (secondary N) is 2. The van der Waals surface area contributed by atoms with Crippen molar-refractivity contribution in [2.75, 3.05) is 6.54 Å². The first-order valence-electron chi connectivity index (χ1n) is 6.77. The van der Waals surface area contributed by atoms with Crippen LogP contribution in [-0.2, 0) is 4.79 Å². The van der Waals surface area contributed by atoms with Crippen molar-refractivity contribution in [3.05, 3.63) is 69.5 Å². The van der Waals surface area contributed by atoms with Gasteiger partial charge in [-0.15, -0.1) is 0 Å². The van der Waals surface area contributed by atoms with Gasteiger partial charge in [0.1, 0.15) is 5.82 Å². The lowest BCUT2D eigenvalue weighted by Crippen LogP contribution is -2.34. The summed E-state index contributed by atoms with van der Waals surface area (Å²) in [5, 5.41) is 6.82. The Morgan fingerprint density at radius 3 is 2.54 bits per heavy atom. The Labute approximate surface area is 147 Å². The molecule has 0 aliphatic heterocycles. The van der Waals surface area contributed by atoms with Crippen LogP contribution in [0.5, 0.6) is 0 Å². The third-order valence-electron chi connectivity index (χ3n) is 2.89. The van der Waals surface area contributed by atoms with Crippen molar-refractivity contribution in [2.24, 2.45) is 5.10 Å². The number of rotatable bonds is 5. The molecule has 0 heterocycles. The Hall–Kier alpha value is -2.44. The van der Waals surface area contributed by atoms with Crippen LogP contribution >= 0.6 is 23.2 Å². The fourth-order valence-corrected chi connectivity index (χ4v) is 2.05. The van der Waals surface area contributed by atoms with Crippen molar-refractivity contribution in [1.29, 1.82) is 0 Å². The second kappa shape index (κ2) is 8.42. The number of hydrogen-bond donors (Lipinski definition) is 2. The number of amides is 2. The first kappa shape index (κ1) is 17.9. The van der Waals surface area contributed by atoms with Crippen molar-refractivity contribution in [3.63, 3.8) is 0 Å². The van der Waals surface area contributed by atoms with Gasteiger partial charge in [0.2, 0.25) is 0 Å². The molecule has 0 spiro atoms. The predicted octanol–water partition coefficient (Wildman–Crippen LogP) is 3.01. The largest absolute Gasteiger partial charge is 0.343 e. The molecule has 8 heteroatoms. The topological polar surface area (TPSA) is 70.6 Å². The quantitative estimate of drug-likeness (QED) is 0.629. The summed E-state index contributed by atoms with van der Waals surface area (Å²) in [4.78, 5) is 23.4. The third-order valence-corrected chi connectivity index (χ3v) is 3.72. The Balaban J connectivity index is 1.83. The van der Waals surface area contributed by atoms with Crippen LogP contribution in [0.3, 0.4) is 0 Å². The number of benzene rings is 2. The van der Waals surface area contributed by atoms with E-state index >= 15 is 0 Å². The van der Waals surface area contributed by atoms with Crippen LogP contribution in [0.4, 0.5) is 4.39 Å². The van der Waals surface area contributed by atoms with E-state index in [4.69, 9.17) is 23.2 Å². The smallest absolute Gasteiger partial charge is 0.259 e. The highest BCUT2D eigenvalue weighted by molar-refractivity contribution is 6.43. The average molecular weight is 368 g/mol. The molecule has 0 aromatic heterocycles. The highest BCUT2D eigenvalue weighted by Gasteiger charge is 2.07. The van der Waals surface area contributed by atoms with E-state index in [0.29, 0.717) is 15.6 Å². The Kier molecular flexibility index (Phi) is 6.28. The fourth-order valence-electron chi connectivity index (χ4n) is 1.70. The maximum absolute atomic E-state index is 12.8. The second-order valence-electron chi connectivity index (χ2n) is 4.63. The Morgan fingerprint density at radius 2 is 1.83 bits per heavy atom. The molecule has 0 radical (unpaired) electrons. The minimum absolute atomic E-state index is 0.249. The van der Waals surface area contributed by atoms with Gasteiger partial charge in [-0.1, -0.05) is 35.3 Å². The summed E-state index contributed by atoms with van der Waals surface area (Å²) in [6.45, 7) is -0.281. The van der Waals surface area contributed by atoms with Gasteiger partial charge in [-0.05, 0) is 30.3 Å². The van der Waals surface area contributed by atoms with Crippen molar-refractivity contribution in [2.45, 2.75) is 0 Å². The van der Waals surface area contributed by atoms with E-state index in [1.165, 1.54) is 18.3 Å². The van der Waals surface area contributed by atoms with Gasteiger partial charge in [0.05, 0.1) is 22.8 Å². The average Bonchev–Trinajstić information content (AvgIpc) is 2.57. The Morgan fingerprint density at radius 1 is 1.12 bits per heavy atom. The lowest BCUT2D eigenvalue weighted by Gasteiger charge is -2.04. The Bertz CT molecular complexity index is 779. The van der Waals surface area contributed by atoms with Crippen molar-refractivity contribution >= 4 is 41.2 Å². The number of hydrazone groups is 1. The molecular formula is C16H12Cl2FN3O2. The molecule has 0 saturated heterocycles. The number of halogens is 3. The van der Waals surface area contributed by atoms with Gasteiger partial charge >= 0.3 is 0 Å². The van der Waals surface area contributed by atoms with E-state index in [1.54, 1.807) is 18.2 Å². The molecule has 124 valence electrons. The molecule has 2 N–H and O–H groups in total. The zero-order valence-electron chi connectivity index (χ0n) is 12.2. The van der Waals surface area contributed by atoms with E-state index in [1.807, 2.05) is 0 Å². The van der Waals surface area contributed by atoms with Crippen LogP contribution in [0.15, 0.2) is 47.6 Å². The zero-order valence-corrected chi connectivity index (χ0v) is 13.7.